The van der Waals surface area contributed by atoms with Crippen molar-refractivity contribution in [2.24, 2.45) is 0 Å². The second-order valence-corrected chi connectivity index (χ2v) is 2.62. The molecule has 4 heteroatoms. The van der Waals surface area contributed by atoms with Crippen molar-refractivity contribution in [2.45, 2.75) is 6.42 Å². The van der Waals surface area contributed by atoms with Crippen LogP contribution in [0.3, 0.4) is 0 Å². The van der Waals surface area contributed by atoms with Gasteiger partial charge in [0.05, 0.1) is 17.7 Å². The minimum Gasteiger partial charge on any atom is -0.346 e. The molecule has 1 aliphatic heterocycles. The van der Waals surface area contributed by atoms with Crippen molar-refractivity contribution < 1.29 is 0 Å². The van der Waals surface area contributed by atoms with Gasteiger partial charge in [-0.25, -0.2) is 9.67 Å². The average molecular weight is 146 g/mol. The normalized spacial score (nSPS) is 13.1. The smallest absolute Gasteiger partial charge is 0.174 e. The predicted molar refractivity (Wildman–Crippen MR) is 38.5 cm³/mol. The van der Waals surface area contributed by atoms with Gasteiger partial charge in [0, 0.05) is 12.6 Å². The Morgan fingerprint density at radius 1 is 1.55 bits per heavy atom. The molecule has 1 aliphatic rings. The lowest BCUT2D eigenvalue weighted by Crippen LogP contribution is -1.93. The quantitative estimate of drug-likeness (QED) is 0.502. The Kier molecular flexibility index (Phi) is 0.711. The highest BCUT2D eigenvalue weighted by Crippen LogP contribution is 2.22. The second kappa shape index (κ2) is 1.53. The molecule has 3 rings (SSSR count). The molecule has 0 radical (unpaired) electrons. The van der Waals surface area contributed by atoms with Gasteiger partial charge >= 0.3 is 0 Å². The Morgan fingerprint density at radius 3 is 3.55 bits per heavy atom. The Bertz CT molecular complexity index is 360. The van der Waals surface area contributed by atoms with Crippen LogP contribution in [0.1, 0.15) is 11.4 Å². The molecule has 0 spiro atoms. The van der Waals surface area contributed by atoms with Crippen molar-refractivity contribution in [3.8, 4) is 5.82 Å². The number of nitrogens with zero attached hydrogens (tertiary/aromatic N) is 3. The second-order valence-electron chi connectivity index (χ2n) is 2.62. The first-order chi connectivity index (χ1) is 5.45. The maximum Gasteiger partial charge on any atom is 0.174 e. The third kappa shape index (κ3) is 0.497. The van der Waals surface area contributed by atoms with Gasteiger partial charge in [-0.05, 0) is 6.07 Å². The maximum absolute atomic E-state index is 4.16. The molecule has 0 aliphatic carbocycles. The minimum atomic E-state index is 0.926. The Labute approximate surface area is 62.9 Å². The summed E-state index contributed by atoms with van der Waals surface area (Å²) in [6, 6.07) is 2.01. The van der Waals surface area contributed by atoms with Crippen molar-refractivity contribution in [3.05, 3.63) is 30.0 Å². The van der Waals surface area contributed by atoms with Gasteiger partial charge in [-0.15, -0.1) is 0 Å². The van der Waals surface area contributed by atoms with Crippen molar-refractivity contribution in [1.29, 1.82) is 0 Å². The van der Waals surface area contributed by atoms with E-state index in [2.05, 4.69) is 15.1 Å². The van der Waals surface area contributed by atoms with Crippen LogP contribution in [0.2, 0.25) is 0 Å². The largest absolute Gasteiger partial charge is 0.346 e. The van der Waals surface area contributed by atoms with E-state index in [9.17, 15) is 0 Å². The molecule has 4 nitrogen and oxygen atoms in total. The SMILES string of the molecule is c1cc2n(n1)-c1nc[nH]c1C2. The fourth-order valence-electron chi connectivity index (χ4n) is 1.46. The van der Waals surface area contributed by atoms with E-state index in [-0.39, 0.29) is 0 Å². The monoisotopic (exact) mass is 146 g/mol. The molecule has 0 unspecified atom stereocenters. The molecule has 1 N–H and O–H groups in total. The Hall–Kier alpha value is -1.58. The van der Waals surface area contributed by atoms with Gasteiger partial charge < -0.3 is 4.98 Å². The summed E-state index contributed by atoms with van der Waals surface area (Å²) in [5, 5.41) is 4.14. The van der Waals surface area contributed by atoms with Gasteiger partial charge in [-0.2, -0.15) is 5.10 Å². The maximum atomic E-state index is 4.16. The number of imidazole rings is 1. The van der Waals surface area contributed by atoms with Crippen LogP contribution in [0.15, 0.2) is 18.6 Å². The zero-order valence-electron chi connectivity index (χ0n) is 5.78. The van der Waals surface area contributed by atoms with Crippen molar-refractivity contribution >= 4 is 0 Å². The highest BCUT2D eigenvalue weighted by atomic mass is 15.3. The third-order valence-electron chi connectivity index (χ3n) is 1.98. The van der Waals surface area contributed by atoms with E-state index < -0.39 is 0 Å². The van der Waals surface area contributed by atoms with Gasteiger partial charge in [0.2, 0.25) is 0 Å². The van der Waals surface area contributed by atoms with E-state index in [1.807, 2.05) is 10.7 Å². The van der Waals surface area contributed by atoms with E-state index in [0.29, 0.717) is 0 Å². The van der Waals surface area contributed by atoms with Crippen molar-refractivity contribution in [2.75, 3.05) is 0 Å². The van der Waals surface area contributed by atoms with Crippen LogP contribution in [0.4, 0.5) is 0 Å². The van der Waals surface area contributed by atoms with Crippen LogP contribution < -0.4 is 0 Å². The van der Waals surface area contributed by atoms with E-state index in [4.69, 9.17) is 0 Å². The minimum absolute atomic E-state index is 0.926. The highest BCUT2D eigenvalue weighted by Gasteiger charge is 2.19. The summed E-state index contributed by atoms with van der Waals surface area (Å²) in [4.78, 5) is 7.23. The number of H-pyrrole nitrogens is 1. The van der Waals surface area contributed by atoms with Crippen molar-refractivity contribution in [3.63, 3.8) is 0 Å². The van der Waals surface area contributed by atoms with Crippen molar-refractivity contribution in [1.82, 2.24) is 19.7 Å². The lowest BCUT2D eigenvalue weighted by atomic mass is 10.3. The molecule has 0 amide bonds. The number of rotatable bonds is 0. The standard InChI is InChI=1S/C7H6N4/c1-2-10-11-5(1)3-6-7(11)9-4-8-6/h1-2,4H,3H2,(H,8,9). The van der Waals surface area contributed by atoms with Gasteiger partial charge in [-0.3, -0.25) is 0 Å². The topological polar surface area (TPSA) is 46.5 Å². The first-order valence-corrected chi connectivity index (χ1v) is 3.51. The van der Waals surface area contributed by atoms with E-state index in [1.165, 1.54) is 5.69 Å². The number of fused-ring (bicyclic) bond motifs is 3. The van der Waals surface area contributed by atoms with E-state index in [0.717, 1.165) is 17.9 Å². The third-order valence-corrected chi connectivity index (χ3v) is 1.98. The predicted octanol–water partition coefficient (Wildman–Crippen LogP) is 0.500. The zero-order valence-corrected chi connectivity index (χ0v) is 5.78. The summed E-state index contributed by atoms with van der Waals surface area (Å²) < 4.78 is 1.87. The Morgan fingerprint density at radius 2 is 2.55 bits per heavy atom. The fraction of sp³-hybridized carbons (Fsp3) is 0.143. The number of hydrogen-bond donors (Lipinski definition) is 1. The number of aromatic amines is 1. The average Bonchev–Trinajstić information content (AvgIpc) is 2.52. The molecule has 11 heavy (non-hydrogen) atoms. The molecule has 3 heterocycles. The van der Waals surface area contributed by atoms with Gasteiger partial charge in [0.1, 0.15) is 0 Å². The molecular formula is C7H6N4. The summed E-state index contributed by atoms with van der Waals surface area (Å²) >= 11 is 0. The van der Waals surface area contributed by atoms with Crippen LogP contribution >= 0.6 is 0 Å². The molecule has 0 saturated heterocycles. The highest BCUT2D eigenvalue weighted by molar-refractivity contribution is 5.39. The Balaban J connectivity index is 2.38. The fourth-order valence-corrected chi connectivity index (χ4v) is 1.46. The van der Waals surface area contributed by atoms with Gasteiger partial charge in [0.15, 0.2) is 5.82 Å². The number of hydrogen-bond acceptors (Lipinski definition) is 2. The molecular weight excluding hydrogens is 140 g/mol. The van der Waals surface area contributed by atoms with E-state index in [1.54, 1.807) is 12.5 Å². The molecule has 0 bridgehead atoms. The van der Waals surface area contributed by atoms with E-state index >= 15 is 0 Å². The molecule has 2 aromatic rings. The van der Waals surface area contributed by atoms with Crippen LogP contribution in [0, 0.1) is 0 Å². The summed E-state index contributed by atoms with van der Waals surface area (Å²) in [5.41, 5.74) is 2.37. The molecule has 0 fully saturated rings. The lowest BCUT2D eigenvalue weighted by molar-refractivity contribution is 0.845. The van der Waals surface area contributed by atoms with Crippen LogP contribution in [0.25, 0.3) is 5.82 Å². The molecule has 0 aromatic carbocycles. The van der Waals surface area contributed by atoms with Gasteiger partial charge in [-0.1, -0.05) is 0 Å². The molecule has 54 valence electrons. The summed E-state index contributed by atoms with van der Waals surface area (Å²) in [6.07, 6.45) is 4.43. The zero-order chi connectivity index (χ0) is 7.26. The lowest BCUT2D eigenvalue weighted by Gasteiger charge is -1.90. The number of aromatic nitrogens is 4. The van der Waals surface area contributed by atoms with Crippen LogP contribution in [-0.2, 0) is 6.42 Å². The summed E-state index contributed by atoms with van der Waals surface area (Å²) in [7, 11) is 0. The number of nitrogens with one attached hydrogen (secondary N) is 1. The van der Waals surface area contributed by atoms with Crippen LogP contribution in [0.5, 0.6) is 0 Å². The molecule has 0 saturated carbocycles. The summed E-state index contributed by atoms with van der Waals surface area (Å²) in [5.74, 6) is 0.949. The van der Waals surface area contributed by atoms with Crippen LogP contribution in [-0.4, -0.2) is 19.7 Å². The molecule has 2 aromatic heterocycles. The first-order valence-electron chi connectivity index (χ1n) is 3.51. The van der Waals surface area contributed by atoms with Gasteiger partial charge in [0.25, 0.3) is 0 Å². The summed E-state index contributed by atoms with van der Waals surface area (Å²) in [6.45, 7) is 0. The first kappa shape index (κ1) is 5.12. The molecule has 0 atom stereocenters.